The van der Waals surface area contributed by atoms with Crippen LogP contribution in [0.3, 0.4) is 0 Å². The number of phenolic OH excluding ortho intramolecular Hbond substituents is 1. The quantitative estimate of drug-likeness (QED) is 0.0220. The van der Waals surface area contributed by atoms with Gasteiger partial charge in [-0.3, -0.25) is 9.36 Å². The van der Waals surface area contributed by atoms with E-state index in [4.69, 9.17) is 37.5 Å². The van der Waals surface area contributed by atoms with Crippen LogP contribution in [0.15, 0.2) is 84.0 Å². The van der Waals surface area contributed by atoms with Crippen LogP contribution >= 0.6 is 15.1 Å². The van der Waals surface area contributed by atoms with Crippen LogP contribution in [0.1, 0.15) is 81.8 Å². The number of esters is 3. The number of cyclic esters (lactones) is 2. The fourth-order valence-corrected chi connectivity index (χ4v) is 12.2. The number of benzene rings is 4. The Labute approximate surface area is 417 Å². The van der Waals surface area contributed by atoms with E-state index >= 15 is 0 Å². The minimum Gasteiger partial charge on any atom is -0.507 e. The van der Waals surface area contributed by atoms with Crippen LogP contribution in [0.5, 0.6) is 34.5 Å². The van der Waals surface area contributed by atoms with E-state index in [1.807, 2.05) is 32.1 Å². The van der Waals surface area contributed by atoms with Crippen molar-refractivity contribution in [3.05, 3.63) is 128 Å². The number of rotatable bonds is 22. The van der Waals surface area contributed by atoms with E-state index < -0.39 is 47.1 Å². The number of methoxy groups -OCH3 is 2. The Morgan fingerprint density at radius 2 is 1.27 bits per heavy atom. The van der Waals surface area contributed by atoms with Gasteiger partial charge in [-0.1, -0.05) is 79.3 Å². The maximum absolute atomic E-state index is 13.8. The Balaban J connectivity index is 0.000000264. The van der Waals surface area contributed by atoms with Crippen molar-refractivity contribution < 1.29 is 71.0 Å². The molecule has 4 aromatic rings. The van der Waals surface area contributed by atoms with Crippen LogP contribution in [-0.2, 0) is 54.2 Å². The highest BCUT2D eigenvalue weighted by molar-refractivity contribution is 7.57. The van der Waals surface area contributed by atoms with E-state index in [0.717, 1.165) is 28.3 Å². The lowest BCUT2D eigenvalue weighted by atomic mass is 9.95. The van der Waals surface area contributed by atoms with Gasteiger partial charge in [-0.05, 0) is 95.8 Å². The first-order valence-electron chi connectivity index (χ1n) is 23.3. The summed E-state index contributed by atoms with van der Waals surface area (Å²) in [6, 6.07) is 17.3. The van der Waals surface area contributed by atoms with Gasteiger partial charge in [-0.2, -0.15) is 0 Å². The van der Waals surface area contributed by atoms with Crippen LogP contribution in [0, 0.1) is 13.8 Å². The van der Waals surface area contributed by atoms with Gasteiger partial charge in [0.2, 0.25) is 0 Å². The second-order valence-electron chi connectivity index (χ2n) is 18.5. The maximum atomic E-state index is 13.8. The van der Waals surface area contributed by atoms with Gasteiger partial charge in [0.05, 0.1) is 39.8 Å². The first kappa shape index (κ1) is 56.1. The van der Waals surface area contributed by atoms with Gasteiger partial charge in [0.1, 0.15) is 64.9 Å². The van der Waals surface area contributed by atoms with Crippen LogP contribution in [-0.4, -0.2) is 81.8 Å². The highest BCUT2D eigenvalue weighted by atomic mass is 31.2. The summed E-state index contributed by atoms with van der Waals surface area (Å²) in [4.78, 5) is 47.3. The molecule has 71 heavy (non-hydrogen) atoms. The van der Waals surface area contributed by atoms with E-state index in [1.165, 1.54) is 7.11 Å². The number of para-hydroxylation sites is 2. The van der Waals surface area contributed by atoms with Gasteiger partial charge < -0.3 is 47.5 Å². The summed E-state index contributed by atoms with van der Waals surface area (Å²) < 4.78 is 70.7. The van der Waals surface area contributed by atoms with E-state index in [-0.39, 0.29) is 49.9 Å². The average Bonchev–Trinajstić information content (AvgIpc) is 3.89. The summed E-state index contributed by atoms with van der Waals surface area (Å²) in [7, 11) is -5.76. The lowest BCUT2D eigenvalue weighted by Gasteiger charge is -2.24. The van der Waals surface area contributed by atoms with Crippen molar-refractivity contribution in [2.45, 2.75) is 99.3 Å². The number of aromatic hydroxyl groups is 1. The molecule has 6 rings (SSSR count). The van der Waals surface area contributed by atoms with E-state index in [1.54, 1.807) is 89.4 Å². The Morgan fingerprint density at radius 3 is 1.80 bits per heavy atom. The number of phenols is 1. The Bertz CT molecular complexity index is 2740. The number of hydrogen-bond donors (Lipinski definition) is 3. The van der Waals surface area contributed by atoms with Gasteiger partial charge in [-0.15, -0.1) is 0 Å². The fourth-order valence-electron chi connectivity index (χ4n) is 8.03. The summed E-state index contributed by atoms with van der Waals surface area (Å²) in [5.41, 5.74) is 6.09. The maximum Gasteiger partial charge on any atom is 0.380 e. The highest BCUT2D eigenvalue weighted by Gasteiger charge is 2.35. The Hall–Kier alpha value is -5.83. The predicted octanol–water partition coefficient (Wildman–Crippen LogP) is 10.8. The normalized spacial score (nSPS) is 15.4. The lowest BCUT2D eigenvalue weighted by Crippen LogP contribution is -2.35. The zero-order chi connectivity index (χ0) is 52.3. The predicted molar refractivity (Wildman–Crippen MR) is 274 cm³/mol. The highest BCUT2D eigenvalue weighted by Crippen LogP contribution is 2.48. The molecule has 2 aliphatic heterocycles. The van der Waals surface area contributed by atoms with Gasteiger partial charge in [0.25, 0.3) is 0 Å². The third-order valence-electron chi connectivity index (χ3n) is 11.6. The van der Waals surface area contributed by atoms with Crippen molar-refractivity contribution >= 4 is 41.1 Å². The molecule has 0 amide bonds. The van der Waals surface area contributed by atoms with Gasteiger partial charge in [0.15, 0.2) is 0 Å². The lowest BCUT2D eigenvalue weighted by molar-refractivity contribution is -0.144. The van der Waals surface area contributed by atoms with Crippen molar-refractivity contribution in [3.8, 4) is 34.5 Å². The molecule has 0 aliphatic carbocycles. The van der Waals surface area contributed by atoms with E-state index in [0.29, 0.717) is 69.6 Å². The topological polar surface area (TPSA) is 212 Å². The number of allylic oxidation sites excluding steroid dienone is 4. The molecular weight excluding hydrogens is 969 g/mol. The average molecular weight is 1040 g/mol. The Morgan fingerprint density at radius 1 is 0.775 bits per heavy atom. The molecule has 16 nitrogen and oxygen atoms in total. The van der Waals surface area contributed by atoms with Gasteiger partial charge in [0, 0.05) is 30.3 Å². The molecule has 0 aromatic heterocycles. The molecule has 384 valence electrons. The van der Waals surface area contributed by atoms with E-state index in [9.17, 15) is 33.5 Å². The van der Waals surface area contributed by atoms with Gasteiger partial charge >= 0.3 is 33.0 Å². The largest absolute Gasteiger partial charge is 0.507 e. The van der Waals surface area contributed by atoms with Crippen LogP contribution in [0.4, 0.5) is 0 Å². The molecule has 2 unspecified atom stereocenters. The summed E-state index contributed by atoms with van der Waals surface area (Å²) in [6.07, 6.45) is 4.07. The zero-order valence-electron chi connectivity index (χ0n) is 42.5. The third-order valence-corrected chi connectivity index (χ3v) is 16.9. The minimum absolute atomic E-state index is 0.0132. The molecule has 3 atom stereocenters. The third kappa shape index (κ3) is 14.9. The SMILES string of the molecule is CCOC(=O)[C@H](C)NP(=O)(C/C(C)=C/Cc1c(O)c2c(c(C)c1OC)COC2=O)Oc1ccccc1.COc1c(C)c2c(c(OCC[Si](C)(C)C)c1C/C=C(\C)CP(=O)(O)Oc1ccccc1)C(=O)OC2. The standard InChI is InChI=1S/C26H32NO8P.C26H35O7PSi/c1-6-33-25(29)18(4)27-36(31,35-19-10-8-7-9-11-19)15-16(2)12-13-20-23(28)22-21(14-34-26(22)30)17(3)24(20)32-5;1-18(17-34(28,29)33-20-10-8-7-9-11-20)12-13-21-24(30-3)19(2)22-16-32-26(27)23(22)25(21)31-14-15-35(4,5)6/h7-12,18,28H,6,13-15H2,1-5H3,(H,27,31);7-12H,13-17H2,1-6H3,(H,28,29)/b16-12+;18-12+/t18-,36?;/m0./s1. The molecule has 0 saturated heterocycles. The number of ether oxygens (including phenoxy) is 6. The second kappa shape index (κ2) is 24.5. The second-order valence-corrected chi connectivity index (χ2v) is 28.0. The molecule has 19 heteroatoms. The fraction of sp³-hybridized carbons (Fsp3) is 0.404. The number of carbonyl (C=O) groups excluding carboxylic acids is 3. The molecule has 0 saturated carbocycles. The van der Waals surface area contributed by atoms with Crippen molar-refractivity contribution in [2.75, 3.05) is 39.8 Å². The van der Waals surface area contributed by atoms with Crippen molar-refractivity contribution in [3.63, 3.8) is 0 Å². The first-order chi connectivity index (χ1) is 33.5. The first-order valence-corrected chi connectivity index (χ1v) is 30.6. The molecule has 4 aromatic carbocycles. The number of hydrogen-bond acceptors (Lipinski definition) is 14. The molecule has 2 aliphatic rings. The number of fused-ring (bicyclic) bond motifs is 2. The van der Waals surface area contributed by atoms with Crippen LogP contribution in [0.2, 0.25) is 25.7 Å². The number of carbonyl (C=O) groups is 3. The summed E-state index contributed by atoms with van der Waals surface area (Å²) >= 11 is 0. The monoisotopic (exact) mass is 1040 g/mol. The van der Waals surface area contributed by atoms with Crippen molar-refractivity contribution in [1.29, 1.82) is 0 Å². The molecule has 0 spiro atoms. The molecule has 3 N–H and O–H groups in total. The smallest absolute Gasteiger partial charge is 0.380 e. The van der Waals surface area contributed by atoms with Crippen LogP contribution < -0.4 is 28.3 Å². The molecule has 2 heterocycles. The van der Waals surface area contributed by atoms with Crippen molar-refractivity contribution in [2.24, 2.45) is 0 Å². The molecule has 0 fully saturated rings. The summed E-state index contributed by atoms with van der Waals surface area (Å²) in [5.74, 6) is 0.638. The summed E-state index contributed by atoms with van der Waals surface area (Å²) in [6.45, 7) is 18.3. The molecular formula is C52H67NO15P2Si. The molecule has 0 bridgehead atoms. The van der Waals surface area contributed by atoms with Gasteiger partial charge in [-0.25, -0.2) is 19.2 Å². The zero-order valence-corrected chi connectivity index (χ0v) is 45.3. The van der Waals surface area contributed by atoms with Crippen molar-refractivity contribution in [1.82, 2.24) is 5.09 Å². The van der Waals surface area contributed by atoms with Crippen LogP contribution in [0.25, 0.3) is 0 Å². The van der Waals surface area contributed by atoms with E-state index in [2.05, 4.69) is 24.7 Å². The summed E-state index contributed by atoms with van der Waals surface area (Å²) in [5, 5.41) is 13.7. The Kier molecular flexibility index (Phi) is 19.4. The molecule has 0 radical (unpaired) electrons. The minimum atomic E-state index is -3.89. The number of nitrogens with one attached hydrogen (secondary N) is 1.